The standard InChI is InChI=1S/C22H19FN4O2/c1-2-13-3-4-18-16(7-13)22(12-28-11-20(24)27-22)17-8-15(10-26-21(17)29-18)14-5-6-25-19(23)9-14/h3-10H,2,11-12H2,1H3,(H2,24,27). The number of halogens is 1. The van der Waals surface area contributed by atoms with E-state index in [9.17, 15) is 4.39 Å². The number of nitrogens with two attached hydrogens (primary N) is 1. The average molecular weight is 390 g/mol. The number of hydrogen-bond acceptors (Lipinski definition) is 6. The number of hydrogen-bond donors (Lipinski definition) is 1. The molecule has 2 aliphatic heterocycles. The van der Waals surface area contributed by atoms with E-state index in [0.717, 1.165) is 28.7 Å². The zero-order chi connectivity index (χ0) is 20.0. The molecule has 2 aromatic heterocycles. The summed E-state index contributed by atoms with van der Waals surface area (Å²) in [4.78, 5) is 13.0. The molecular weight excluding hydrogens is 371 g/mol. The highest BCUT2D eigenvalue weighted by Crippen LogP contribution is 2.50. The minimum Gasteiger partial charge on any atom is -0.438 e. The van der Waals surface area contributed by atoms with E-state index in [1.165, 1.54) is 12.3 Å². The fraction of sp³-hybridized carbons (Fsp3) is 0.227. The fourth-order valence-electron chi connectivity index (χ4n) is 3.92. The lowest BCUT2D eigenvalue weighted by Crippen LogP contribution is -2.42. The molecule has 2 N–H and O–H groups in total. The molecule has 1 aromatic carbocycles. The summed E-state index contributed by atoms with van der Waals surface area (Å²) in [5, 5.41) is 0. The highest BCUT2D eigenvalue weighted by Gasteiger charge is 2.45. The summed E-state index contributed by atoms with van der Waals surface area (Å²) in [5.41, 5.74) is 9.46. The van der Waals surface area contributed by atoms with Gasteiger partial charge in [0.15, 0.2) is 0 Å². The first-order valence-electron chi connectivity index (χ1n) is 9.45. The van der Waals surface area contributed by atoms with Crippen molar-refractivity contribution in [2.75, 3.05) is 13.2 Å². The fourth-order valence-corrected chi connectivity index (χ4v) is 3.92. The van der Waals surface area contributed by atoms with Gasteiger partial charge in [-0.05, 0) is 41.8 Å². The molecular formula is C22H19FN4O2. The maximum atomic E-state index is 13.7. The number of pyridine rings is 2. The molecule has 146 valence electrons. The Bertz CT molecular complexity index is 1150. The van der Waals surface area contributed by atoms with Crippen molar-refractivity contribution in [3.05, 3.63) is 71.4 Å². The number of fused-ring (bicyclic) bond motifs is 4. The maximum absolute atomic E-state index is 13.7. The topological polar surface area (TPSA) is 82.6 Å². The molecule has 0 saturated heterocycles. The second-order valence-corrected chi connectivity index (χ2v) is 7.19. The van der Waals surface area contributed by atoms with Crippen molar-refractivity contribution in [2.45, 2.75) is 18.9 Å². The molecule has 7 heteroatoms. The third kappa shape index (κ3) is 2.86. The molecule has 2 aliphatic rings. The predicted molar refractivity (Wildman–Crippen MR) is 107 cm³/mol. The number of ether oxygens (including phenoxy) is 2. The number of benzene rings is 1. The van der Waals surface area contributed by atoms with Crippen molar-refractivity contribution >= 4 is 5.84 Å². The minimum absolute atomic E-state index is 0.281. The summed E-state index contributed by atoms with van der Waals surface area (Å²) in [7, 11) is 0. The van der Waals surface area contributed by atoms with Crippen LogP contribution < -0.4 is 10.5 Å². The number of aryl methyl sites for hydroxylation is 1. The zero-order valence-electron chi connectivity index (χ0n) is 15.9. The van der Waals surface area contributed by atoms with Gasteiger partial charge in [-0.3, -0.25) is 4.99 Å². The van der Waals surface area contributed by atoms with Gasteiger partial charge in [-0.2, -0.15) is 4.39 Å². The van der Waals surface area contributed by atoms with Crippen LogP contribution in [0.2, 0.25) is 0 Å². The van der Waals surface area contributed by atoms with E-state index in [-0.39, 0.29) is 6.61 Å². The minimum atomic E-state index is -0.856. The Morgan fingerprint density at radius 1 is 1.10 bits per heavy atom. The SMILES string of the molecule is CCc1ccc2c(c1)C1(COCC(N)=N1)c1cc(-c3ccnc(F)c3)cnc1O2. The Hall–Kier alpha value is -3.32. The monoisotopic (exact) mass is 390 g/mol. The summed E-state index contributed by atoms with van der Waals surface area (Å²) in [5.74, 6) is 0.999. The first kappa shape index (κ1) is 17.8. The van der Waals surface area contributed by atoms with Crippen LogP contribution in [0.5, 0.6) is 11.6 Å². The molecule has 0 bridgehead atoms. The quantitative estimate of drug-likeness (QED) is 0.677. The highest BCUT2D eigenvalue weighted by atomic mass is 19.1. The Labute approximate surface area is 167 Å². The van der Waals surface area contributed by atoms with Gasteiger partial charge in [0.1, 0.15) is 23.7 Å². The van der Waals surface area contributed by atoms with Crippen LogP contribution in [0.3, 0.4) is 0 Å². The summed E-state index contributed by atoms with van der Waals surface area (Å²) >= 11 is 0. The second kappa shape index (κ2) is 6.63. The van der Waals surface area contributed by atoms with Crippen molar-refractivity contribution in [1.29, 1.82) is 0 Å². The normalized spacial score (nSPS) is 19.9. The molecule has 0 aliphatic carbocycles. The molecule has 29 heavy (non-hydrogen) atoms. The highest BCUT2D eigenvalue weighted by molar-refractivity contribution is 5.84. The summed E-state index contributed by atoms with van der Waals surface area (Å²) in [6.45, 7) is 2.70. The van der Waals surface area contributed by atoms with E-state index in [1.54, 1.807) is 12.3 Å². The van der Waals surface area contributed by atoms with Gasteiger partial charge in [0.2, 0.25) is 11.8 Å². The summed E-state index contributed by atoms with van der Waals surface area (Å²) in [6, 6.07) is 11.1. The van der Waals surface area contributed by atoms with Gasteiger partial charge >= 0.3 is 0 Å². The molecule has 4 heterocycles. The van der Waals surface area contributed by atoms with Gasteiger partial charge in [0.25, 0.3) is 0 Å². The first-order chi connectivity index (χ1) is 14.1. The third-order valence-electron chi connectivity index (χ3n) is 5.36. The van der Waals surface area contributed by atoms with Gasteiger partial charge < -0.3 is 15.2 Å². The van der Waals surface area contributed by atoms with Crippen LogP contribution in [0, 0.1) is 5.95 Å². The van der Waals surface area contributed by atoms with Gasteiger partial charge in [0, 0.05) is 35.2 Å². The van der Waals surface area contributed by atoms with Crippen molar-refractivity contribution in [2.24, 2.45) is 10.7 Å². The van der Waals surface area contributed by atoms with Crippen LogP contribution in [0.15, 0.2) is 53.8 Å². The van der Waals surface area contributed by atoms with Gasteiger partial charge in [-0.25, -0.2) is 9.97 Å². The lowest BCUT2D eigenvalue weighted by atomic mass is 9.80. The smallest absolute Gasteiger partial charge is 0.225 e. The molecule has 1 atom stereocenters. The van der Waals surface area contributed by atoms with Crippen molar-refractivity contribution in [3.63, 3.8) is 0 Å². The van der Waals surface area contributed by atoms with E-state index in [0.29, 0.717) is 29.6 Å². The Kier molecular flexibility index (Phi) is 4.06. The lowest BCUT2D eigenvalue weighted by Gasteiger charge is -2.39. The molecule has 6 nitrogen and oxygen atoms in total. The Balaban J connectivity index is 1.75. The van der Waals surface area contributed by atoms with E-state index in [4.69, 9.17) is 20.2 Å². The van der Waals surface area contributed by atoms with Crippen LogP contribution in [-0.2, 0) is 16.7 Å². The molecule has 1 spiro atoms. The van der Waals surface area contributed by atoms with Crippen LogP contribution in [-0.4, -0.2) is 29.0 Å². The van der Waals surface area contributed by atoms with Gasteiger partial charge in [-0.15, -0.1) is 0 Å². The lowest BCUT2D eigenvalue weighted by molar-refractivity contribution is 0.109. The van der Waals surface area contributed by atoms with E-state index < -0.39 is 11.5 Å². The largest absolute Gasteiger partial charge is 0.438 e. The average Bonchev–Trinajstić information content (AvgIpc) is 2.74. The Morgan fingerprint density at radius 2 is 2.00 bits per heavy atom. The number of rotatable bonds is 2. The van der Waals surface area contributed by atoms with Crippen molar-refractivity contribution in [3.8, 4) is 22.8 Å². The summed E-state index contributed by atoms with van der Waals surface area (Å²) < 4.78 is 25.6. The van der Waals surface area contributed by atoms with Crippen molar-refractivity contribution in [1.82, 2.24) is 9.97 Å². The van der Waals surface area contributed by atoms with E-state index in [2.05, 4.69) is 23.0 Å². The molecule has 0 fully saturated rings. The predicted octanol–water partition coefficient (Wildman–Crippen LogP) is 3.58. The molecule has 3 aromatic rings. The van der Waals surface area contributed by atoms with Crippen LogP contribution in [0.1, 0.15) is 23.6 Å². The maximum Gasteiger partial charge on any atom is 0.225 e. The van der Waals surface area contributed by atoms with Gasteiger partial charge in [0.05, 0.1) is 6.61 Å². The molecule has 5 rings (SSSR count). The van der Waals surface area contributed by atoms with Crippen molar-refractivity contribution < 1.29 is 13.9 Å². The Morgan fingerprint density at radius 3 is 2.79 bits per heavy atom. The molecule has 0 radical (unpaired) electrons. The molecule has 0 saturated carbocycles. The first-order valence-corrected chi connectivity index (χ1v) is 9.45. The van der Waals surface area contributed by atoms with Crippen LogP contribution >= 0.6 is 0 Å². The van der Waals surface area contributed by atoms with E-state index >= 15 is 0 Å². The van der Waals surface area contributed by atoms with Gasteiger partial charge in [-0.1, -0.05) is 13.0 Å². The second-order valence-electron chi connectivity index (χ2n) is 7.19. The van der Waals surface area contributed by atoms with Crippen LogP contribution in [0.4, 0.5) is 4.39 Å². The number of aliphatic imine (C=N–C) groups is 1. The molecule has 1 unspecified atom stereocenters. The van der Waals surface area contributed by atoms with E-state index in [1.807, 2.05) is 18.2 Å². The van der Waals surface area contributed by atoms with Crippen LogP contribution in [0.25, 0.3) is 11.1 Å². The third-order valence-corrected chi connectivity index (χ3v) is 5.36. The zero-order valence-corrected chi connectivity index (χ0v) is 15.9. The molecule has 0 amide bonds. The summed E-state index contributed by atoms with van der Waals surface area (Å²) in [6.07, 6.45) is 3.97. The number of amidine groups is 1. The number of aromatic nitrogens is 2. The number of nitrogens with zero attached hydrogens (tertiary/aromatic N) is 3.